The summed E-state index contributed by atoms with van der Waals surface area (Å²) in [5.74, 6) is 1.02. The standard InChI is InChI=1S/C17H35N/c1-4-6-7-8-9-10-11-14-17(3,15-18-5-2)16-12-13-16/h16,18H,4-15H2,1-3H3. The largest absolute Gasteiger partial charge is 0.316 e. The van der Waals surface area contributed by atoms with Gasteiger partial charge in [-0.3, -0.25) is 0 Å². The third kappa shape index (κ3) is 6.22. The Labute approximate surface area is 115 Å². The van der Waals surface area contributed by atoms with E-state index in [2.05, 4.69) is 26.1 Å². The van der Waals surface area contributed by atoms with E-state index in [0.29, 0.717) is 5.41 Å². The van der Waals surface area contributed by atoms with Crippen LogP contribution in [0.3, 0.4) is 0 Å². The molecule has 0 aromatic rings. The maximum Gasteiger partial charge on any atom is 0.000770 e. The third-order valence-corrected chi connectivity index (χ3v) is 4.69. The summed E-state index contributed by atoms with van der Waals surface area (Å²) in [6, 6.07) is 0. The van der Waals surface area contributed by atoms with E-state index in [-0.39, 0.29) is 0 Å². The summed E-state index contributed by atoms with van der Waals surface area (Å²) in [4.78, 5) is 0. The topological polar surface area (TPSA) is 12.0 Å². The third-order valence-electron chi connectivity index (χ3n) is 4.69. The van der Waals surface area contributed by atoms with Crippen molar-refractivity contribution in [3.63, 3.8) is 0 Å². The fourth-order valence-corrected chi connectivity index (χ4v) is 3.11. The summed E-state index contributed by atoms with van der Waals surface area (Å²) in [6.07, 6.45) is 14.5. The highest BCUT2D eigenvalue weighted by Crippen LogP contribution is 2.48. The molecule has 0 bridgehead atoms. The molecule has 0 heterocycles. The van der Waals surface area contributed by atoms with Gasteiger partial charge in [0.1, 0.15) is 0 Å². The number of nitrogens with one attached hydrogen (secondary N) is 1. The first-order valence-electron chi connectivity index (χ1n) is 8.43. The van der Waals surface area contributed by atoms with Gasteiger partial charge in [-0.25, -0.2) is 0 Å². The molecule has 0 aliphatic heterocycles. The molecule has 1 atom stereocenters. The molecule has 0 spiro atoms. The molecule has 0 aromatic carbocycles. The van der Waals surface area contributed by atoms with Gasteiger partial charge in [-0.1, -0.05) is 65.7 Å². The summed E-state index contributed by atoms with van der Waals surface area (Å²) in [5.41, 5.74) is 0.597. The second kappa shape index (κ2) is 8.96. The first-order chi connectivity index (χ1) is 8.73. The molecule has 1 rings (SSSR count). The minimum absolute atomic E-state index is 0.597. The van der Waals surface area contributed by atoms with Gasteiger partial charge in [0.15, 0.2) is 0 Å². The van der Waals surface area contributed by atoms with E-state index in [1.54, 1.807) is 0 Å². The van der Waals surface area contributed by atoms with E-state index < -0.39 is 0 Å². The first-order valence-corrected chi connectivity index (χ1v) is 8.43. The average Bonchev–Trinajstić information content (AvgIpc) is 3.20. The van der Waals surface area contributed by atoms with Crippen LogP contribution in [-0.4, -0.2) is 13.1 Å². The van der Waals surface area contributed by atoms with Crippen LogP contribution >= 0.6 is 0 Å². The molecular formula is C17H35N. The lowest BCUT2D eigenvalue weighted by atomic mass is 9.79. The molecule has 1 unspecified atom stereocenters. The van der Waals surface area contributed by atoms with E-state index in [0.717, 1.165) is 12.5 Å². The second-order valence-corrected chi connectivity index (χ2v) is 6.58. The van der Waals surface area contributed by atoms with E-state index in [1.807, 2.05) is 0 Å². The molecule has 1 fully saturated rings. The Bertz CT molecular complexity index is 198. The molecular weight excluding hydrogens is 218 g/mol. The highest BCUT2D eigenvalue weighted by molar-refractivity contribution is 4.92. The molecule has 0 aromatic heterocycles. The second-order valence-electron chi connectivity index (χ2n) is 6.58. The number of hydrogen-bond acceptors (Lipinski definition) is 1. The van der Waals surface area contributed by atoms with Crippen molar-refractivity contribution in [1.29, 1.82) is 0 Å². The van der Waals surface area contributed by atoms with Crippen molar-refractivity contribution in [1.82, 2.24) is 5.32 Å². The van der Waals surface area contributed by atoms with Gasteiger partial charge in [-0.05, 0) is 37.1 Å². The van der Waals surface area contributed by atoms with Crippen molar-refractivity contribution in [2.75, 3.05) is 13.1 Å². The Morgan fingerprint density at radius 1 is 0.944 bits per heavy atom. The van der Waals surface area contributed by atoms with Crippen molar-refractivity contribution in [3.8, 4) is 0 Å². The molecule has 1 aliphatic rings. The Morgan fingerprint density at radius 2 is 1.56 bits per heavy atom. The lowest BCUT2D eigenvalue weighted by molar-refractivity contribution is 0.229. The lowest BCUT2D eigenvalue weighted by Gasteiger charge is -2.30. The lowest BCUT2D eigenvalue weighted by Crippen LogP contribution is -2.33. The normalized spacial score (nSPS) is 18.8. The first kappa shape index (κ1) is 16.0. The Morgan fingerprint density at radius 3 is 2.11 bits per heavy atom. The van der Waals surface area contributed by atoms with Crippen molar-refractivity contribution in [2.24, 2.45) is 11.3 Å². The molecule has 1 aliphatic carbocycles. The van der Waals surface area contributed by atoms with Gasteiger partial charge in [-0.2, -0.15) is 0 Å². The van der Waals surface area contributed by atoms with Gasteiger partial charge in [0.05, 0.1) is 0 Å². The van der Waals surface area contributed by atoms with Crippen molar-refractivity contribution >= 4 is 0 Å². The van der Waals surface area contributed by atoms with Crippen LogP contribution in [0.5, 0.6) is 0 Å². The van der Waals surface area contributed by atoms with E-state index in [4.69, 9.17) is 0 Å². The minimum atomic E-state index is 0.597. The SMILES string of the molecule is CCCCCCCCCC(C)(CNCC)C1CC1. The van der Waals surface area contributed by atoms with Crippen LogP contribution in [0.25, 0.3) is 0 Å². The number of rotatable bonds is 12. The van der Waals surface area contributed by atoms with Gasteiger partial charge >= 0.3 is 0 Å². The summed E-state index contributed by atoms with van der Waals surface area (Å²) in [6.45, 7) is 9.40. The van der Waals surface area contributed by atoms with Crippen LogP contribution in [0, 0.1) is 11.3 Å². The fourth-order valence-electron chi connectivity index (χ4n) is 3.11. The monoisotopic (exact) mass is 253 g/mol. The van der Waals surface area contributed by atoms with Gasteiger partial charge < -0.3 is 5.32 Å². The molecule has 108 valence electrons. The Hall–Kier alpha value is -0.0400. The predicted octanol–water partition coefficient (Wildman–Crippen LogP) is 5.15. The van der Waals surface area contributed by atoms with E-state index in [9.17, 15) is 0 Å². The zero-order valence-corrected chi connectivity index (χ0v) is 13.1. The van der Waals surface area contributed by atoms with Crippen LogP contribution in [-0.2, 0) is 0 Å². The van der Waals surface area contributed by atoms with Crippen molar-refractivity contribution in [2.45, 2.75) is 85.0 Å². The van der Waals surface area contributed by atoms with Gasteiger partial charge in [0.2, 0.25) is 0 Å². The number of unbranched alkanes of at least 4 members (excludes halogenated alkanes) is 6. The van der Waals surface area contributed by atoms with Gasteiger partial charge in [0, 0.05) is 6.54 Å². The zero-order valence-electron chi connectivity index (χ0n) is 13.1. The van der Waals surface area contributed by atoms with E-state index in [1.165, 1.54) is 70.8 Å². The summed E-state index contributed by atoms with van der Waals surface area (Å²) < 4.78 is 0. The van der Waals surface area contributed by atoms with Crippen LogP contribution in [0.15, 0.2) is 0 Å². The van der Waals surface area contributed by atoms with Crippen molar-refractivity contribution < 1.29 is 0 Å². The highest BCUT2D eigenvalue weighted by Gasteiger charge is 2.40. The molecule has 1 N–H and O–H groups in total. The maximum absolute atomic E-state index is 3.58. The van der Waals surface area contributed by atoms with E-state index >= 15 is 0 Å². The van der Waals surface area contributed by atoms with Gasteiger partial charge in [0.25, 0.3) is 0 Å². The maximum atomic E-state index is 3.58. The van der Waals surface area contributed by atoms with Gasteiger partial charge in [-0.15, -0.1) is 0 Å². The van der Waals surface area contributed by atoms with Crippen LogP contribution in [0.4, 0.5) is 0 Å². The molecule has 0 radical (unpaired) electrons. The highest BCUT2D eigenvalue weighted by atomic mass is 14.9. The Kier molecular flexibility index (Phi) is 7.97. The molecule has 1 nitrogen and oxygen atoms in total. The predicted molar refractivity (Wildman–Crippen MR) is 82.0 cm³/mol. The van der Waals surface area contributed by atoms with Crippen LogP contribution in [0.2, 0.25) is 0 Å². The summed E-state index contributed by atoms with van der Waals surface area (Å²) >= 11 is 0. The molecule has 0 amide bonds. The molecule has 0 saturated heterocycles. The van der Waals surface area contributed by atoms with Crippen LogP contribution in [0.1, 0.15) is 85.0 Å². The Balaban J connectivity index is 2.06. The minimum Gasteiger partial charge on any atom is -0.316 e. The summed E-state index contributed by atoms with van der Waals surface area (Å²) in [7, 11) is 0. The molecule has 18 heavy (non-hydrogen) atoms. The zero-order chi connectivity index (χ0) is 13.3. The smallest absolute Gasteiger partial charge is 0.000770 e. The molecule has 1 heteroatoms. The molecule has 1 saturated carbocycles. The van der Waals surface area contributed by atoms with Crippen molar-refractivity contribution in [3.05, 3.63) is 0 Å². The average molecular weight is 253 g/mol. The number of hydrogen-bond donors (Lipinski definition) is 1. The van der Waals surface area contributed by atoms with Crippen LogP contribution < -0.4 is 5.32 Å². The quantitative estimate of drug-likeness (QED) is 0.474. The summed E-state index contributed by atoms with van der Waals surface area (Å²) in [5, 5.41) is 3.58. The fraction of sp³-hybridized carbons (Fsp3) is 1.00.